The number of benzene rings is 6. The predicted octanol–water partition coefficient (Wildman–Crippen LogP) is 15.8. The van der Waals surface area contributed by atoms with Gasteiger partial charge in [-0.2, -0.15) is 0 Å². The molecule has 0 saturated heterocycles. The zero-order chi connectivity index (χ0) is 48.1. The predicted molar refractivity (Wildman–Crippen MR) is 301 cm³/mol. The molecule has 2 aromatic heterocycles. The number of para-hydroxylation sites is 1. The quantitative estimate of drug-likeness (QED) is 0.159. The van der Waals surface area contributed by atoms with Gasteiger partial charge in [0.15, 0.2) is 0 Å². The maximum Gasteiger partial charge on any atom is 0.252 e. The summed E-state index contributed by atoms with van der Waals surface area (Å²) in [6, 6.07) is 41.9. The first-order valence-corrected chi connectivity index (χ1v) is 27.2. The van der Waals surface area contributed by atoms with Crippen molar-refractivity contribution in [3.05, 3.63) is 131 Å². The van der Waals surface area contributed by atoms with Crippen molar-refractivity contribution in [3.8, 4) is 16.8 Å². The van der Waals surface area contributed by atoms with E-state index >= 15 is 0 Å². The monoisotopic (exact) mass is 924 g/mol. The van der Waals surface area contributed by atoms with E-state index in [0.29, 0.717) is 0 Å². The lowest BCUT2D eigenvalue weighted by Gasteiger charge is -2.52. The molecule has 5 aliphatic rings. The van der Waals surface area contributed by atoms with Crippen molar-refractivity contribution < 1.29 is 0 Å². The summed E-state index contributed by atoms with van der Waals surface area (Å²) in [4.78, 5) is 5.79. The van der Waals surface area contributed by atoms with Crippen LogP contribution in [0.4, 0.5) is 22.7 Å². The Balaban J connectivity index is 1.20. The Bertz CT molecular complexity index is 3530. The van der Waals surface area contributed by atoms with Crippen LogP contribution in [0.5, 0.6) is 0 Å². The van der Waals surface area contributed by atoms with Gasteiger partial charge >= 0.3 is 0 Å². The maximum atomic E-state index is 2.94. The molecule has 6 heterocycles. The van der Waals surface area contributed by atoms with E-state index < -0.39 is 0 Å². The van der Waals surface area contributed by atoms with E-state index in [1.807, 2.05) is 11.3 Å². The van der Waals surface area contributed by atoms with Gasteiger partial charge in [-0.15, -0.1) is 11.3 Å². The Morgan fingerprint density at radius 1 is 0.652 bits per heavy atom. The highest BCUT2D eigenvalue weighted by Gasteiger charge is 2.61. The van der Waals surface area contributed by atoms with Crippen LogP contribution >= 0.6 is 11.3 Å². The van der Waals surface area contributed by atoms with E-state index in [-0.39, 0.29) is 39.5 Å². The normalized spacial score (nSPS) is 23.0. The van der Waals surface area contributed by atoms with Crippen molar-refractivity contribution in [1.29, 1.82) is 0 Å². The Kier molecular flexibility index (Phi) is 8.87. The topological polar surface area (TPSA) is 11.4 Å². The molecule has 0 bridgehead atoms. The molecular formula is C64H70BN3S. The number of nitrogens with zero attached hydrogens (tertiary/aromatic N) is 3. The molecule has 3 nitrogen and oxygen atoms in total. The van der Waals surface area contributed by atoms with E-state index in [4.69, 9.17) is 0 Å². The van der Waals surface area contributed by atoms with Crippen LogP contribution in [0.2, 0.25) is 0 Å². The zero-order valence-corrected chi connectivity index (χ0v) is 44.4. The van der Waals surface area contributed by atoms with Crippen LogP contribution in [0.25, 0.3) is 48.0 Å². The fourth-order valence-corrected chi connectivity index (χ4v) is 16.1. The fourth-order valence-electron chi connectivity index (χ4n) is 14.9. The molecule has 3 atom stereocenters. The third-order valence-corrected chi connectivity index (χ3v) is 20.5. The van der Waals surface area contributed by atoms with Gasteiger partial charge in [0, 0.05) is 54.7 Å². The Morgan fingerprint density at radius 3 is 2.13 bits per heavy atom. The summed E-state index contributed by atoms with van der Waals surface area (Å²) in [6.45, 7) is 32.0. The highest BCUT2D eigenvalue weighted by atomic mass is 32.1. The molecule has 0 amide bonds. The first kappa shape index (κ1) is 43.7. The summed E-state index contributed by atoms with van der Waals surface area (Å²) in [6.07, 6.45) is 8.39. The molecular weight excluding hydrogens is 854 g/mol. The summed E-state index contributed by atoms with van der Waals surface area (Å²) < 4.78 is 5.56. The number of aryl methyl sites for hydroxylation is 1. The lowest BCUT2D eigenvalue weighted by Crippen LogP contribution is -2.63. The number of hydrogen-bond acceptors (Lipinski definition) is 3. The lowest BCUT2D eigenvalue weighted by molar-refractivity contribution is 0.195. The van der Waals surface area contributed by atoms with Crippen LogP contribution in [0.1, 0.15) is 156 Å². The van der Waals surface area contributed by atoms with Gasteiger partial charge in [0.05, 0.1) is 26.8 Å². The second-order valence-electron chi connectivity index (χ2n) is 25.4. The van der Waals surface area contributed by atoms with Gasteiger partial charge in [0.1, 0.15) is 0 Å². The van der Waals surface area contributed by atoms with E-state index in [1.54, 1.807) is 0 Å². The van der Waals surface area contributed by atoms with E-state index in [0.717, 1.165) is 6.42 Å². The second kappa shape index (κ2) is 14.0. The van der Waals surface area contributed by atoms with Crippen LogP contribution in [-0.4, -0.2) is 22.4 Å². The number of unbranched alkanes of at least 4 members (excludes halogenated alkanes) is 1. The van der Waals surface area contributed by atoms with Crippen LogP contribution < -0.4 is 26.2 Å². The Hall–Kier alpha value is -5.26. The number of anilines is 4. The Morgan fingerprint density at radius 2 is 1.38 bits per heavy atom. The van der Waals surface area contributed by atoms with Gasteiger partial charge < -0.3 is 14.4 Å². The smallest absolute Gasteiger partial charge is 0.252 e. The fraction of sp³-hybridized carbons (Fsp3) is 0.406. The third kappa shape index (κ3) is 5.47. The maximum absolute atomic E-state index is 2.94. The molecule has 8 aromatic rings. The van der Waals surface area contributed by atoms with Crippen LogP contribution in [0.3, 0.4) is 0 Å². The third-order valence-electron chi connectivity index (χ3n) is 19.3. The van der Waals surface area contributed by atoms with Crippen LogP contribution in [0.15, 0.2) is 103 Å². The Labute approximate surface area is 416 Å². The summed E-state index contributed by atoms with van der Waals surface area (Å²) in [5.41, 5.74) is 23.7. The minimum Gasteiger partial charge on any atom is -0.335 e. The number of rotatable bonds is 5. The number of hydrogen-bond donors (Lipinski definition) is 0. The van der Waals surface area contributed by atoms with E-state index in [2.05, 4.69) is 208 Å². The zero-order valence-electron chi connectivity index (χ0n) is 43.6. The molecule has 6 aromatic carbocycles. The van der Waals surface area contributed by atoms with Gasteiger partial charge in [-0.25, -0.2) is 0 Å². The van der Waals surface area contributed by atoms with Gasteiger partial charge in [0.25, 0.3) is 6.71 Å². The largest absolute Gasteiger partial charge is 0.335 e. The standard InChI is InChI=1S/C64H70BN3S/c1-14-15-29-63(12)61(9,10)47-32-39(43-27-26-40(31-38(43)2)59(3,4)5)33-48-57(47)68(63)52-37-42(67-50-24-18-17-23-46(50)62(11)28-20-21-30-64(62,67)13)36-51-54(52)65(48)49-35-41(60(6,7)8)34-45-55(49)66(51)56-44-22-16-19-25-53(44)69-58(45)56/h16-19,22-27,31-37H,14-15,20-21,28-30H2,1-13H3. The number of aromatic nitrogens is 1. The highest BCUT2D eigenvalue weighted by molar-refractivity contribution is 7.26. The molecule has 3 unspecified atom stereocenters. The van der Waals surface area contributed by atoms with Crippen molar-refractivity contribution >= 4 is 88.4 Å². The van der Waals surface area contributed by atoms with Crippen LogP contribution in [0, 0.1) is 6.92 Å². The average Bonchev–Trinajstić information content (AvgIpc) is 3.96. The highest BCUT2D eigenvalue weighted by Crippen LogP contribution is 2.63. The molecule has 69 heavy (non-hydrogen) atoms. The van der Waals surface area contributed by atoms with Crippen molar-refractivity contribution in [3.63, 3.8) is 0 Å². The van der Waals surface area contributed by atoms with Crippen molar-refractivity contribution in [2.75, 3.05) is 9.80 Å². The number of thiophene rings is 1. The lowest BCUT2D eigenvalue weighted by atomic mass is 9.33. The first-order valence-electron chi connectivity index (χ1n) is 26.4. The molecule has 0 spiro atoms. The molecule has 5 heteroatoms. The first-order chi connectivity index (χ1) is 32.7. The molecule has 0 N–H and O–H groups in total. The molecule has 1 fully saturated rings. The van der Waals surface area contributed by atoms with E-state index in [1.165, 1.54) is 154 Å². The van der Waals surface area contributed by atoms with Gasteiger partial charge in [-0.1, -0.05) is 162 Å². The summed E-state index contributed by atoms with van der Waals surface area (Å²) in [5, 5.41) is 2.76. The molecule has 1 saturated carbocycles. The summed E-state index contributed by atoms with van der Waals surface area (Å²) in [5.74, 6) is 0. The molecule has 4 aliphatic heterocycles. The molecule has 1 aliphatic carbocycles. The SMILES string of the molecule is CCCCC1(C)N2c3cc(N4c5ccccc5C5(C)CCCCC45C)cc4c3B(c3cc(-c5ccc(C(C)(C)C)cc5C)cc(c32)C1(C)C)c1cc(C(C)(C)C)cc2c3sc5ccccc5c3n-4c12. The minimum absolute atomic E-state index is 0.0366. The van der Waals surface area contributed by atoms with Crippen molar-refractivity contribution in [2.45, 2.75) is 168 Å². The minimum atomic E-state index is -0.183. The van der Waals surface area contributed by atoms with Gasteiger partial charge in [-0.05, 0) is 143 Å². The van der Waals surface area contributed by atoms with Crippen molar-refractivity contribution in [2.24, 2.45) is 0 Å². The second-order valence-corrected chi connectivity index (χ2v) is 26.5. The van der Waals surface area contributed by atoms with Gasteiger partial charge in [0.2, 0.25) is 0 Å². The molecule has 350 valence electrons. The number of fused-ring (bicyclic) bond motifs is 12. The van der Waals surface area contributed by atoms with Crippen LogP contribution in [-0.2, 0) is 21.7 Å². The summed E-state index contributed by atoms with van der Waals surface area (Å²) in [7, 11) is 0. The van der Waals surface area contributed by atoms with Gasteiger partial charge in [-0.3, -0.25) is 0 Å². The summed E-state index contributed by atoms with van der Waals surface area (Å²) >= 11 is 1.99. The van der Waals surface area contributed by atoms with Crippen molar-refractivity contribution in [1.82, 2.24) is 4.57 Å². The van der Waals surface area contributed by atoms with E-state index in [9.17, 15) is 0 Å². The molecule has 0 radical (unpaired) electrons. The average molecular weight is 924 g/mol. The molecule has 13 rings (SSSR count).